The van der Waals surface area contributed by atoms with E-state index in [-0.39, 0.29) is 11.4 Å². The molecule has 3 aromatic carbocycles. The zero-order chi connectivity index (χ0) is 22.9. The Bertz CT molecular complexity index is 1090. The van der Waals surface area contributed by atoms with Crippen molar-refractivity contribution in [2.24, 2.45) is 0 Å². The van der Waals surface area contributed by atoms with Crippen molar-refractivity contribution in [1.82, 2.24) is 0 Å². The molecule has 0 radical (unpaired) electrons. The normalized spacial score (nSPS) is 11.2. The van der Waals surface area contributed by atoms with Gasteiger partial charge in [0, 0.05) is 17.3 Å². The molecule has 1 unspecified atom stereocenters. The standard InChI is InChI=1S/C23H20N2O7/c1-30-18-13-11-17(12-14-18)24-23(27)22(16-7-3-2-4-8-16)32-21(26)15-31-20-10-6-5-9-19(20)25(28)29/h2-14,22H,15H2,1H3,(H,24,27). The number of hydrogen-bond acceptors (Lipinski definition) is 7. The van der Waals surface area contributed by atoms with Crippen molar-refractivity contribution in [3.05, 3.63) is 94.5 Å². The number of carbonyl (C=O) groups is 2. The number of nitro benzene ring substituents is 1. The minimum absolute atomic E-state index is 0.0756. The number of nitrogens with one attached hydrogen (secondary N) is 1. The van der Waals surface area contributed by atoms with Gasteiger partial charge in [0.05, 0.1) is 12.0 Å². The molecule has 1 atom stereocenters. The highest BCUT2D eigenvalue weighted by molar-refractivity contribution is 5.96. The fourth-order valence-electron chi connectivity index (χ4n) is 2.82. The second-order valence-corrected chi connectivity index (χ2v) is 6.51. The number of carbonyl (C=O) groups excluding carboxylic acids is 2. The molecule has 0 aromatic heterocycles. The fraction of sp³-hybridized carbons (Fsp3) is 0.130. The summed E-state index contributed by atoms with van der Waals surface area (Å²) in [5.74, 6) is -0.878. The first kappa shape index (κ1) is 22.3. The lowest BCUT2D eigenvalue weighted by molar-refractivity contribution is -0.385. The zero-order valence-electron chi connectivity index (χ0n) is 17.1. The van der Waals surface area contributed by atoms with Crippen LogP contribution in [0.4, 0.5) is 11.4 Å². The van der Waals surface area contributed by atoms with Gasteiger partial charge < -0.3 is 19.5 Å². The van der Waals surface area contributed by atoms with E-state index in [1.165, 1.54) is 25.3 Å². The average Bonchev–Trinajstić information content (AvgIpc) is 2.82. The van der Waals surface area contributed by atoms with Crippen molar-refractivity contribution in [1.29, 1.82) is 0 Å². The molecule has 164 valence electrons. The molecule has 1 N–H and O–H groups in total. The first-order chi connectivity index (χ1) is 15.5. The van der Waals surface area contributed by atoms with Crippen molar-refractivity contribution >= 4 is 23.3 Å². The number of esters is 1. The molecule has 0 fully saturated rings. The third kappa shape index (κ3) is 5.82. The Morgan fingerprint density at radius 1 is 0.969 bits per heavy atom. The molecule has 0 aliphatic rings. The minimum atomic E-state index is -1.25. The number of amides is 1. The van der Waals surface area contributed by atoms with Gasteiger partial charge in [0.15, 0.2) is 12.4 Å². The molecule has 1 amide bonds. The third-order valence-electron chi connectivity index (χ3n) is 4.35. The first-order valence-corrected chi connectivity index (χ1v) is 9.53. The molecule has 32 heavy (non-hydrogen) atoms. The highest BCUT2D eigenvalue weighted by Gasteiger charge is 2.26. The molecule has 0 saturated carbocycles. The van der Waals surface area contributed by atoms with Crippen LogP contribution in [0.5, 0.6) is 11.5 Å². The smallest absolute Gasteiger partial charge is 0.345 e. The maximum absolute atomic E-state index is 12.9. The van der Waals surface area contributed by atoms with Gasteiger partial charge in [0.2, 0.25) is 6.10 Å². The molecule has 0 aliphatic carbocycles. The number of anilines is 1. The summed E-state index contributed by atoms with van der Waals surface area (Å²) in [6.07, 6.45) is -1.25. The lowest BCUT2D eigenvalue weighted by Crippen LogP contribution is -2.28. The molecule has 0 bridgehead atoms. The fourth-order valence-corrected chi connectivity index (χ4v) is 2.82. The summed E-state index contributed by atoms with van der Waals surface area (Å²) in [7, 11) is 1.53. The highest BCUT2D eigenvalue weighted by Crippen LogP contribution is 2.26. The minimum Gasteiger partial charge on any atom is -0.497 e. The van der Waals surface area contributed by atoms with Gasteiger partial charge in [-0.25, -0.2) is 4.79 Å². The summed E-state index contributed by atoms with van der Waals surface area (Å²) in [5, 5.41) is 13.8. The van der Waals surface area contributed by atoms with Gasteiger partial charge in [0.1, 0.15) is 5.75 Å². The number of rotatable bonds is 9. The van der Waals surface area contributed by atoms with Crippen molar-refractivity contribution in [2.75, 3.05) is 19.0 Å². The van der Waals surface area contributed by atoms with E-state index in [2.05, 4.69) is 5.32 Å². The summed E-state index contributed by atoms with van der Waals surface area (Å²) in [4.78, 5) is 35.7. The van der Waals surface area contributed by atoms with Crippen molar-refractivity contribution in [3.8, 4) is 11.5 Å². The van der Waals surface area contributed by atoms with E-state index in [4.69, 9.17) is 14.2 Å². The van der Waals surface area contributed by atoms with Crippen LogP contribution in [0.2, 0.25) is 0 Å². The van der Waals surface area contributed by atoms with Crippen LogP contribution in [0.15, 0.2) is 78.9 Å². The van der Waals surface area contributed by atoms with Crippen LogP contribution in [0.1, 0.15) is 11.7 Å². The maximum Gasteiger partial charge on any atom is 0.345 e. The monoisotopic (exact) mass is 436 g/mol. The second kappa shape index (κ2) is 10.6. The molecular weight excluding hydrogens is 416 g/mol. The predicted octanol–water partition coefficient (Wildman–Crippen LogP) is 3.91. The quantitative estimate of drug-likeness (QED) is 0.307. The number of hydrogen-bond donors (Lipinski definition) is 1. The first-order valence-electron chi connectivity index (χ1n) is 9.53. The second-order valence-electron chi connectivity index (χ2n) is 6.51. The summed E-state index contributed by atoms with van der Waals surface area (Å²) >= 11 is 0. The molecule has 0 aliphatic heterocycles. The average molecular weight is 436 g/mol. The number of para-hydroxylation sites is 2. The van der Waals surface area contributed by atoms with E-state index in [9.17, 15) is 19.7 Å². The summed E-state index contributed by atoms with van der Waals surface area (Å²) < 4.78 is 15.7. The van der Waals surface area contributed by atoms with E-state index in [1.807, 2.05) is 0 Å². The van der Waals surface area contributed by atoms with Crippen LogP contribution in [0.3, 0.4) is 0 Å². The van der Waals surface area contributed by atoms with Crippen LogP contribution in [-0.2, 0) is 14.3 Å². The highest BCUT2D eigenvalue weighted by atomic mass is 16.6. The summed E-state index contributed by atoms with van der Waals surface area (Å²) in [5.41, 5.74) is 0.665. The van der Waals surface area contributed by atoms with Gasteiger partial charge in [-0.3, -0.25) is 14.9 Å². The molecule has 9 nitrogen and oxygen atoms in total. The number of nitrogens with zero attached hydrogens (tertiary/aromatic N) is 1. The largest absolute Gasteiger partial charge is 0.497 e. The molecule has 0 spiro atoms. The SMILES string of the molecule is COc1ccc(NC(=O)C(OC(=O)COc2ccccc2[N+](=O)[O-])c2ccccc2)cc1. The Balaban J connectivity index is 1.71. The van der Waals surface area contributed by atoms with Crippen molar-refractivity contribution in [3.63, 3.8) is 0 Å². The van der Waals surface area contributed by atoms with Gasteiger partial charge >= 0.3 is 11.7 Å². The third-order valence-corrected chi connectivity index (χ3v) is 4.35. The zero-order valence-corrected chi connectivity index (χ0v) is 17.1. The summed E-state index contributed by atoms with van der Waals surface area (Å²) in [6.45, 7) is -0.607. The van der Waals surface area contributed by atoms with Gasteiger partial charge in [-0.2, -0.15) is 0 Å². The molecule has 0 saturated heterocycles. The Kier molecular flexibility index (Phi) is 7.37. The Labute approximate surface area is 183 Å². The van der Waals surface area contributed by atoms with Crippen molar-refractivity contribution < 1.29 is 28.7 Å². The summed E-state index contributed by atoms with van der Waals surface area (Å²) in [6, 6.07) is 20.8. The Hall–Kier alpha value is -4.40. The van der Waals surface area contributed by atoms with Crippen LogP contribution in [0.25, 0.3) is 0 Å². The van der Waals surface area contributed by atoms with E-state index in [0.717, 1.165) is 0 Å². The van der Waals surface area contributed by atoms with Gasteiger partial charge in [-0.1, -0.05) is 42.5 Å². The predicted molar refractivity (Wildman–Crippen MR) is 115 cm³/mol. The van der Waals surface area contributed by atoms with E-state index < -0.39 is 29.5 Å². The number of benzene rings is 3. The van der Waals surface area contributed by atoms with Crippen LogP contribution < -0.4 is 14.8 Å². The van der Waals surface area contributed by atoms with Gasteiger partial charge in [-0.15, -0.1) is 0 Å². The molecule has 0 heterocycles. The van der Waals surface area contributed by atoms with E-state index >= 15 is 0 Å². The Morgan fingerprint density at radius 3 is 2.28 bits per heavy atom. The van der Waals surface area contributed by atoms with E-state index in [0.29, 0.717) is 17.0 Å². The maximum atomic E-state index is 12.9. The van der Waals surface area contributed by atoms with Gasteiger partial charge in [-0.05, 0) is 30.3 Å². The van der Waals surface area contributed by atoms with Gasteiger partial charge in [0.25, 0.3) is 5.91 Å². The topological polar surface area (TPSA) is 117 Å². The molecule has 3 aromatic rings. The van der Waals surface area contributed by atoms with Crippen LogP contribution >= 0.6 is 0 Å². The number of nitro groups is 1. The number of ether oxygens (including phenoxy) is 3. The van der Waals surface area contributed by atoms with Crippen LogP contribution in [-0.4, -0.2) is 30.5 Å². The van der Waals surface area contributed by atoms with Crippen molar-refractivity contribution in [2.45, 2.75) is 6.10 Å². The Morgan fingerprint density at radius 2 is 1.62 bits per heavy atom. The van der Waals surface area contributed by atoms with Crippen LogP contribution in [0, 0.1) is 10.1 Å². The molecular formula is C23H20N2O7. The van der Waals surface area contributed by atoms with E-state index in [1.54, 1.807) is 60.7 Å². The number of methoxy groups -OCH3 is 1. The lowest BCUT2D eigenvalue weighted by Gasteiger charge is -2.18. The molecule has 3 rings (SSSR count). The lowest BCUT2D eigenvalue weighted by atomic mass is 10.1. The molecule has 9 heteroatoms.